The van der Waals surface area contributed by atoms with Gasteiger partial charge in [-0.1, -0.05) is 31.2 Å². The average molecular weight is 397 g/mol. The third-order valence-electron chi connectivity index (χ3n) is 4.81. The first-order valence-corrected chi connectivity index (χ1v) is 8.75. The first kappa shape index (κ1) is 20.1. The summed E-state index contributed by atoms with van der Waals surface area (Å²) < 4.78 is 54.9. The summed E-state index contributed by atoms with van der Waals surface area (Å²) in [6.45, 7) is 1.81. The number of carbonyl (C=O) groups is 1. The zero-order chi connectivity index (χ0) is 20.6. The average Bonchev–Trinajstić information content (AvgIpc) is 3.21. The minimum absolute atomic E-state index is 0.0383. The van der Waals surface area contributed by atoms with Crippen LogP contribution in [0.3, 0.4) is 0 Å². The molecule has 2 N–H and O–H groups in total. The molecule has 0 heterocycles. The molecule has 0 unspecified atom stereocenters. The van der Waals surface area contributed by atoms with Crippen LogP contribution in [0.2, 0.25) is 0 Å². The lowest BCUT2D eigenvalue weighted by Crippen LogP contribution is -2.41. The Bertz CT molecular complexity index is 868. The quantitative estimate of drug-likeness (QED) is 0.721. The number of benzene rings is 2. The fraction of sp³-hybridized carbons (Fsp3) is 0.350. The van der Waals surface area contributed by atoms with E-state index in [1.807, 2.05) is 6.92 Å². The third-order valence-corrected chi connectivity index (χ3v) is 4.81. The molecule has 4 nitrogen and oxygen atoms in total. The van der Waals surface area contributed by atoms with E-state index in [-0.39, 0.29) is 24.3 Å². The van der Waals surface area contributed by atoms with Gasteiger partial charge in [0.1, 0.15) is 22.7 Å². The topological polar surface area (TPSA) is 58.6 Å². The van der Waals surface area contributed by atoms with Crippen LogP contribution < -0.4 is 10.1 Å². The summed E-state index contributed by atoms with van der Waals surface area (Å²) in [5, 5.41) is 14.0. The third kappa shape index (κ3) is 3.82. The number of aliphatic hydroxyl groups is 1. The van der Waals surface area contributed by atoms with Gasteiger partial charge in [0.15, 0.2) is 0 Å². The van der Waals surface area contributed by atoms with Crippen molar-refractivity contribution in [2.45, 2.75) is 43.7 Å². The number of rotatable bonds is 6. The maximum absolute atomic E-state index is 13.3. The summed E-state index contributed by atoms with van der Waals surface area (Å²) in [5.74, 6) is -1.29. The second-order valence-corrected chi connectivity index (χ2v) is 6.82. The summed E-state index contributed by atoms with van der Waals surface area (Å²) in [5.41, 5.74) is -2.29. The van der Waals surface area contributed by atoms with Gasteiger partial charge in [-0.2, -0.15) is 0 Å². The van der Waals surface area contributed by atoms with E-state index in [1.54, 1.807) is 0 Å². The fourth-order valence-electron chi connectivity index (χ4n) is 3.46. The number of carbonyl (C=O) groups excluding carboxylic acids is 1. The Balaban J connectivity index is 2.01. The van der Waals surface area contributed by atoms with E-state index in [0.29, 0.717) is 12.0 Å². The zero-order valence-corrected chi connectivity index (χ0v) is 15.0. The normalized spacial score (nSPS) is 23.9. The van der Waals surface area contributed by atoms with Crippen LogP contribution in [0.1, 0.15) is 37.3 Å². The van der Waals surface area contributed by atoms with Crippen LogP contribution in [-0.2, 0) is 15.9 Å². The van der Waals surface area contributed by atoms with E-state index in [2.05, 4.69) is 10.1 Å². The molecule has 1 fully saturated rings. The number of hydrogen-bond donors (Lipinski definition) is 2. The van der Waals surface area contributed by atoms with Crippen molar-refractivity contribution in [1.29, 1.82) is 0 Å². The minimum atomic E-state index is -4.87. The molecule has 1 amide bonds. The highest BCUT2D eigenvalue weighted by Gasteiger charge is 2.69. The van der Waals surface area contributed by atoms with Gasteiger partial charge >= 0.3 is 6.36 Å². The molecule has 2 atom stereocenters. The van der Waals surface area contributed by atoms with E-state index in [4.69, 9.17) is 0 Å². The van der Waals surface area contributed by atoms with Crippen molar-refractivity contribution in [1.82, 2.24) is 5.32 Å². The molecule has 0 radical (unpaired) electrons. The van der Waals surface area contributed by atoms with Crippen molar-refractivity contribution in [2.24, 2.45) is 0 Å². The second-order valence-electron chi connectivity index (χ2n) is 6.82. The van der Waals surface area contributed by atoms with Crippen LogP contribution in [0.25, 0.3) is 0 Å². The smallest absolute Gasteiger partial charge is 0.406 e. The van der Waals surface area contributed by atoms with Gasteiger partial charge < -0.3 is 15.2 Å². The van der Waals surface area contributed by atoms with E-state index < -0.39 is 29.1 Å². The Morgan fingerprint density at radius 3 is 2.46 bits per heavy atom. The highest BCUT2D eigenvalue weighted by atomic mass is 19.4. The van der Waals surface area contributed by atoms with Crippen molar-refractivity contribution in [3.05, 3.63) is 65.5 Å². The van der Waals surface area contributed by atoms with E-state index in [1.165, 1.54) is 36.4 Å². The van der Waals surface area contributed by atoms with Gasteiger partial charge in [0, 0.05) is 12.8 Å². The molecule has 150 valence electrons. The summed E-state index contributed by atoms with van der Waals surface area (Å²) in [4.78, 5) is 12.3. The number of nitrogens with one attached hydrogen (secondary N) is 1. The highest BCUT2D eigenvalue weighted by Crippen LogP contribution is 2.62. The Morgan fingerprint density at radius 2 is 1.86 bits per heavy atom. The molecule has 0 bridgehead atoms. The number of hydrogen-bond acceptors (Lipinski definition) is 3. The Labute approximate surface area is 159 Å². The molecule has 1 aliphatic rings. The molecule has 3 rings (SSSR count). The van der Waals surface area contributed by atoms with Crippen LogP contribution in [-0.4, -0.2) is 17.4 Å². The van der Waals surface area contributed by atoms with Crippen LogP contribution in [0, 0.1) is 5.82 Å². The maximum atomic E-state index is 13.3. The minimum Gasteiger partial charge on any atom is -0.406 e. The van der Waals surface area contributed by atoms with Gasteiger partial charge in [0.25, 0.3) is 0 Å². The van der Waals surface area contributed by atoms with Crippen LogP contribution in [0.4, 0.5) is 17.6 Å². The Kier molecular flexibility index (Phi) is 5.10. The molecule has 8 heteroatoms. The first-order valence-electron chi connectivity index (χ1n) is 8.75. The molecule has 2 aromatic rings. The second kappa shape index (κ2) is 7.09. The molecule has 1 aliphatic carbocycles. The van der Waals surface area contributed by atoms with Gasteiger partial charge in [-0.15, -0.1) is 13.2 Å². The van der Waals surface area contributed by atoms with Crippen LogP contribution in [0.15, 0.2) is 48.5 Å². The monoisotopic (exact) mass is 397 g/mol. The molecule has 0 saturated heterocycles. The predicted octanol–water partition coefficient (Wildman–Crippen LogP) is 4.13. The molecular weight excluding hydrogens is 378 g/mol. The van der Waals surface area contributed by atoms with Crippen molar-refractivity contribution in [3.8, 4) is 5.75 Å². The summed E-state index contributed by atoms with van der Waals surface area (Å²) >= 11 is 0. The lowest BCUT2D eigenvalue weighted by molar-refractivity contribution is -0.274. The molecule has 2 aromatic carbocycles. The fourth-order valence-corrected chi connectivity index (χ4v) is 3.46. The van der Waals surface area contributed by atoms with E-state index >= 15 is 0 Å². The standard InChI is InChI=1S/C20H19F4NO3/c1-2-4-17(26)25-18(12-19(18,27)13-7-9-15(21)10-8-13)14-5-3-6-16(11-14)28-20(22,23)24/h3,5-11,27H,2,4,12H2,1H3,(H,25,26)/t18-,19-/m0/s1. The van der Waals surface area contributed by atoms with Gasteiger partial charge in [-0.25, -0.2) is 4.39 Å². The first-order chi connectivity index (χ1) is 13.1. The van der Waals surface area contributed by atoms with E-state index in [0.717, 1.165) is 12.1 Å². The van der Waals surface area contributed by atoms with Crippen molar-refractivity contribution in [3.63, 3.8) is 0 Å². The summed E-state index contributed by atoms with van der Waals surface area (Å²) in [7, 11) is 0. The molecule has 1 saturated carbocycles. The lowest BCUT2D eigenvalue weighted by Gasteiger charge is -2.25. The Hall–Kier alpha value is -2.61. The maximum Gasteiger partial charge on any atom is 0.573 e. The summed E-state index contributed by atoms with van der Waals surface area (Å²) in [6, 6.07) is 10.3. The van der Waals surface area contributed by atoms with E-state index in [9.17, 15) is 27.5 Å². The van der Waals surface area contributed by atoms with Crippen molar-refractivity contribution in [2.75, 3.05) is 0 Å². The highest BCUT2D eigenvalue weighted by molar-refractivity contribution is 5.78. The predicted molar refractivity (Wildman–Crippen MR) is 92.8 cm³/mol. The zero-order valence-electron chi connectivity index (χ0n) is 15.0. The van der Waals surface area contributed by atoms with Crippen molar-refractivity contribution >= 4 is 5.91 Å². The molecule has 0 spiro atoms. The van der Waals surface area contributed by atoms with Gasteiger partial charge in [-0.05, 0) is 41.8 Å². The largest absolute Gasteiger partial charge is 0.573 e. The van der Waals surface area contributed by atoms with Gasteiger partial charge in [0.05, 0.1) is 0 Å². The Morgan fingerprint density at radius 1 is 1.18 bits per heavy atom. The SMILES string of the molecule is CCCC(=O)N[C@]1(c2cccc(OC(F)(F)F)c2)C[C@]1(O)c1ccc(F)cc1. The number of ether oxygens (including phenoxy) is 1. The molecular formula is C20H19F4NO3. The molecule has 0 aliphatic heterocycles. The van der Waals surface area contributed by atoms with Crippen LogP contribution in [0.5, 0.6) is 5.75 Å². The number of alkyl halides is 3. The lowest BCUT2D eigenvalue weighted by atomic mass is 9.95. The number of halogens is 4. The molecule has 28 heavy (non-hydrogen) atoms. The summed E-state index contributed by atoms with van der Waals surface area (Å²) in [6.07, 6.45) is -4.07. The van der Waals surface area contributed by atoms with Gasteiger partial charge in [-0.3, -0.25) is 4.79 Å². The number of amides is 1. The van der Waals surface area contributed by atoms with Crippen molar-refractivity contribution < 1.29 is 32.2 Å². The van der Waals surface area contributed by atoms with Gasteiger partial charge in [0.2, 0.25) is 5.91 Å². The molecule has 0 aromatic heterocycles. The van der Waals surface area contributed by atoms with Crippen LogP contribution >= 0.6 is 0 Å².